The van der Waals surface area contributed by atoms with Crippen LogP contribution in [0.3, 0.4) is 0 Å². The number of amides is 3. The van der Waals surface area contributed by atoms with Crippen molar-refractivity contribution in [3.8, 4) is 0 Å². The molecule has 0 aromatic heterocycles. The van der Waals surface area contributed by atoms with Crippen LogP contribution in [0, 0.1) is 5.92 Å². The second-order valence-electron chi connectivity index (χ2n) is 11.2. The zero-order chi connectivity index (χ0) is 27.3. The fourth-order valence-electron chi connectivity index (χ4n) is 6.17. The van der Waals surface area contributed by atoms with E-state index >= 15 is 0 Å². The fraction of sp³-hybridized carbons (Fsp3) is 0.586. The first-order valence-electron chi connectivity index (χ1n) is 13.6. The lowest BCUT2D eigenvalue weighted by atomic mass is 9.68. The summed E-state index contributed by atoms with van der Waals surface area (Å²) in [5, 5.41) is 2.68. The van der Waals surface area contributed by atoms with Crippen LogP contribution >= 0.6 is 0 Å². The van der Waals surface area contributed by atoms with Gasteiger partial charge in [-0.1, -0.05) is 36.8 Å². The lowest BCUT2D eigenvalue weighted by Crippen LogP contribution is -2.56. The van der Waals surface area contributed by atoms with Gasteiger partial charge in [0.25, 0.3) is 0 Å². The van der Waals surface area contributed by atoms with E-state index < -0.39 is 0 Å². The molecule has 1 heterocycles. The highest BCUT2D eigenvalue weighted by atomic mass is 16.5. The van der Waals surface area contributed by atoms with Crippen LogP contribution < -0.4 is 5.32 Å². The number of methoxy groups -OCH3 is 1. The van der Waals surface area contributed by atoms with E-state index in [0.717, 1.165) is 32.2 Å². The minimum Gasteiger partial charge on any atom is -0.500 e. The number of nitrogens with one attached hydrogen (secondary N) is 1. The first-order valence-corrected chi connectivity index (χ1v) is 13.6. The molecule has 9 heteroatoms. The summed E-state index contributed by atoms with van der Waals surface area (Å²) in [6.07, 6.45) is 8.76. The molecule has 3 amide bonds. The van der Waals surface area contributed by atoms with E-state index in [9.17, 15) is 9.59 Å². The Hall–Kier alpha value is -3.20. The maximum Gasteiger partial charge on any atom is 0.321 e. The Bertz CT molecular complexity index is 1070. The molecule has 206 valence electrons. The molecule has 4 rings (SSSR count). The second-order valence-corrected chi connectivity index (χ2v) is 11.2. The lowest BCUT2D eigenvalue weighted by molar-refractivity contribution is -0.120. The molecule has 0 bridgehead atoms. The number of urea groups is 1. The van der Waals surface area contributed by atoms with Crippen LogP contribution in [0.25, 0.3) is 0 Å². The normalized spacial score (nSPS) is 26.6. The summed E-state index contributed by atoms with van der Waals surface area (Å²) < 4.78 is 5.07. The average molecular weight is 523 g/mol. The Balaban J connectivity index is 1.51. The first kappa shape index (κ1) is 27.8. The third-order valence-corrected chi connectivity index (χ3v) is 8.83. The van der Waals surface area contributed by atoms with Crippen LogP contribution in [0.15, 0.2) is 52.3 Å². The summed E-state index contributed by atoms with van der Waals surface area (Å²) >= 11 is 0. The van der Waals surface area contributed by atoms with Gasteiger partial charge in [0.15, 0.2) is 0 Å². The molecule has 2 saturated carbocycles. The number of benzene rings is 1. The highest BCUT2D eigenvalue weighted by Crippen LogP contribution is 2.49. The number of carbonyl (C=O) groups excluding carboxylic acids is 2. The number of hydrogen-bond acceptors (Lipinski definition) is 5. The molecule has 0 unspecified atom stereocenters. The monoisotopic (exact) mass is 522 g/mol. The summed E-state index contributed by atoms with van der Waals surface area (Å²) in [6, 6.07) is 10.7. The summed E-state index contributed by atoms with van der Waals surface area (Å²) in [5.41, 5.74) is 1.01. The molecule has 38 heavy (non-hydrogen) atoms. The van der Waals surface area contributed by atoms with E-state index in [1.807, 2.05) is 0 Å². The summed E-state index contributed by atoms with van der Waals surface area (Å²) in [4.78, 5) is 40.7. The smallest absolute Gasteiger partial charge is 0.321 e. The molecule has 9 nitrogen and oxygen atoms in total. The third-order valence-electron chi connectivity index (χ3n) is 8.83. The predicted molar refractivity (Wildman–Crippen MR) is 150 cm³/mol. The number of carbonyl (C=O) groups is 2. The summed E-state index contributed by atoms with van der Waals surface area (Å²) in [5.74, 6) is 0.871. The summed E-state index contributed by atoms with van der Waals surface area (Å²) in [6.45, 7) is 6.53. The molecule has 1 saturated heterocycles. The molecule has 3 fully saturated rings. The van der Waals surface area contributed by atoms with Crippen molar-refractivity contribution in [3.05, 3.63) is 47.9 Å². The molecule has 1 aromatic rings. The Morgan fingerprint density at radius 2 is 1.89 bits per heavy atom. The van der Waals surface area contributed by atoms with Crippen molar-refractivity contribution in [3.63, 3.8) is 0 Å². The molecule has 1 spiro atoms. The van der Waals surface area contributed by atoms with Gasteiger partial charge in [0, 0.05) is 18.6 Å². The van der Waals surface area contributed by atoms with Gasteiger partial charge >= 0.3 is 6.03 Å². The van der Waals surface area contributed by atoms with Crippen LogP contribution in [-0.4, -0.2) is 85.7 Å². The van der Waals surface area contributed by atoms with Gasteiger partial charge in [-0.25, -0.2) is 14.8 Å². The van der Waals surface area contributed by atoms with Crippen LogP contribution in [0.5, 0.6) is 0 Å². The Morgan fingerprint density at radius 3 is 2.45 bits per heavy atom. The first-order chi connectivity index (χ1) is 18.2. The van der Waals surface area contributed by atoms with Crippen molar-refractivity contribution in [2.75, 3.05) is 40.8 Å². The van der Waals surface area contributed by atoms with Crippen molar-refractivity contribution in [2.24, 2.45) is 15.9 Å². The van der Waals surface area contributed by atoms with Gasteiger partial charge in [0.05, 0.1) is 18.8 Å². The Morgan fingerprint density at radius 1 is 1.21 bits per heavy atom. The molecule has 2 aliphatic carbocycles. The number of aliphatic imine (C=N–C) groups is 2. The highest BCUT2D eigenvalue weighted by molar-refractivity contribution is 6.00. The third kappa shape index (κ3) is 5.62. The van der Waals surface area contributed by atoms with E-state index in [0.29, 0.717) is 18.2 Å². The van der Waals surface area contributed by atoms with E-state index in [1.165, 1.54) is 31.0 Å². The minimum absolute atomic E-state index is 0.0377. The Kier molecular flexibility index (Phi) is 8.55. The predicted octanol–water partition coefficient (Wildman–Crippen LogP) is 3.97. The maximum atomic E-state index is 13.7. The van der Waals surface area contributed by atoms with Crippen molar-refractivity contribution in [1.29, 1.82) is 0 Å². The molecular weight excluding hydrogens is 480 g/mol. The van der Waals surface area contributed by atoms with Gasteiger partial charge in [-0.15, -0.1) is 0 Å². The molecule has 0 atom stereocenters. The quantitative estimate of drug-likeness (QED) is 0.318. The van der Waals surface area contributed by atoms with Crippen molar-refractivity contribution < 1.29 is 14.3 Å². The molecule has 1 aliphatic heterocycles. The van der Waals surface area contributed by atoms with Gasteiger partial charge in [-0.05, 0) is 77.7 Å². The number of allylic oxidation sites excluding steroid dienone is 1. The van der Waals surface area contributed by atoms with Gasteiger partial charge in [0.2, 0.25) is 11.9 Å². The highest BCUT2D eigenvalue weighted by Gasteiger charge is 2.55. The van der Waals surface area contributed by atoms with Gasteiger partial charge in [-0.3, -0.25) is 15.0 Å². The molecule has 1 aromatic carbocycles. The number of rotatable bonds is 8. The second kappa shape index (κ2) is 11.7. The molecule has 3 aliphatic rings. The van der Waals surface area contributed by atoms with E-state index in [2.05, 4.69) is 76.2 Å². The minimum atomic E-state index is -0.337. The molecule has 1 N–H and O–H groups in total. The summed E-state index contributed by atoms with van der Waals surface area (Å²) in [7, 11) is 5.85. The van der Waals surface area contributed by atoms with Crippen LogP contribution in [0.4, 0.5) is 4.79 Å². The molecule has 0 radical (unpaired) electrons. The zero-order valence-corrected chi connectivity index (χ0v) is 23.3. The number of nitrogens with zero attached hydrogens (tertiary/aromatic N) is 5. The van der Waals surface area contributed by atoms with Gasteiger partial charge < -0.3 is 14.5 Å². The standard InChI is InChI=1S/C29H42N6O3/c1-22(38-5)18-31-26(30-2)32-25(36)20-34-21-28(35(27(34)37)19-23-10-9-11-23)14-16-29(17-15-28,33(3)4)24-12-7-6-8-13-24/h6-8,12-13,18,23H,2,9-11,14-17,19-21H2,1,3-5H3,(H,31,32,36)/b22-18+. The van der Waals surface area contributed by atoms with Gasteiger partial charge in [-0.2, -0.15) is 0 Å². The lowest BCUT2D eigenvalue weighted by Gasteiger charge is -2.51. The largest absolute Gasteiger partial charge is 0.500 e. The van der Waals surface area contributed by atoms with Crippen LogP contribution in [-0.2, 0) is 15.1 Å². The van der Waals surface area contributed by atoms with Crippen LogP contribution in [0.1, 0.15) is 57.4 Å². The maximum absolute atomic E-state index is 13.7. The van der Waals surface area contributed by atoms with Gasteiger partial charge in [0.1, 0.15) is 12.3 Å². The topological polar surface area (TPSA) is 89.8 Å². The average Bonchev–Trinajstić information content (AvgIpc) is 3.14. The Labute approximate surface area is 226 Å². The molecular formula is C29H42N6O3. The van der Waals surface area contributed by atoms with E-state index in [1.54, 1.807) is 18.9 Å². The van der Waals surface area contributed by atoms with E-state index in [-0.39, 0.29) is 35.5 Å². The van der Waals surface area contributed by atoms with Crippen molar-refractivity contribution in [2.45, 2.75) is 62.9 Å². The van der Waals surface area contributed by atoms with Crippen molar-refractivity contribution >= 4 is 24.6 Å². The van der Waals surface area contributed by atoms with Crippen molar-refractivity contribution in [1.82, 2.24) is 20.0 Å². The number of ether oxygens (including phenoxy) is 1. The van der Waals surface area contributed by atoms with E-state index in [4.69, 9.17) is 4.74 Å². The fourth-order valence-corrected chi connectivity index (χ4v) is 6.17. The number of hydrogen-bond donors (Lipinski definition) is 1. The SMILES string of the molecule is C=NC(=N/C=C(\C)OC)NC(=O)CN1CC2(CCC(c3ccccc3)(N(C)C)CC2)N(CC2CCC2)C1=O. The number of guanidine groups is 1. The van der Waals surface area contributed by atoms with Crippen LogP contribution in [0.2, 0.25) is 0 Å². The zero-order valence-electron chi connectivity index (χ0n) is 23.3.